The SMILES string of the molecule is O=C(O)c1cccnc1Sc1ccc(Cl)cc1. The summed E-state index contributed by atoms with van der Waals surface area (Å²) in [6, 6.07) is 10.3. The predicted octanol–water partition coefficient (Wildman–Crippen LogP) is 3.58. The molecule has 0 saturated carbocycles. The molecule has 5 heteroatoms. The number of aromatic carboxylic acids is 1. The van der Waals surface area contributed by atoms with Crippen molar-refractivity contribution in [3.63, 3.8) is 0 Å². The van der Waals surface area contributed by atoms with Crippen molar-refractivity contribution in [2.24, 2.45) is 0 Å². The first-order valence-electron chi connectivity index (χ1n) is 4.78. The Morgan fingerprint density at radius 1 is 1.24 bits per heavy atom. The van der Waals surface area contributed by atoms with E-state index in [9.17, 15) is 4.79 Å². The zero-order chi connectivity index (χ0) is 12.3. The highest BCUT2D eigenvalue weighted by Crippen LogP contribution is 2.29. The number of rotatable bonds is 3. The van der Waals surface area contributed by atoms with Gasteiger partial charge in [-0.05, 0) is 36.4 Å². The van der Waals surface area contributed by atoms with Gasteiger partial charge in [0.25, 0.3) is 0 Å². The number of hydrogen-bond donors (Lipinski definition) is 1. The summed E-state index contributed by atoms with van der Waals surface area (Å²) in [6.07, 6.45) is 1.57. The van der Waals surface area contributed by atoms with Gasteiger partial charge < -0.3 is 5.11 Å². The average Bonchev–Trinajstić information content (AvgIpc) is 2.32. The van der Waals surface area contributed by atoms with E-state index in [-0.39, 0.29) is 5.56 Å². The third kappa shape index (κ3) is 2.99. The van der Waals surface area contributed by atoms with Crippen LogP contribution in [0.4, 0.5) is 0 Å². The van der Waals surface area contributed by atoms with E-state index in [2.05, 4.69) is 4.98 Å². The summed E-state index contributed by atoms with van der Waals surface area (Å²) in [7, 11) is 0. The fourth-order valence-electron chi connectivity index (χ4n) is 1.25. The smallest absolute Gasteiger partial charge is 0.338 e. The molecule has 0 spiro atoms. The van der Waals surface area contributed by atoms with Crippen molar-refractivity contribution in [1.82, 2.24) is 4.98 Å². The molecule has 0 radical (unpaired) electrons. The molecule has 0 aliphatic carbocycles. The maximum atomic E-state index is 11.0. The van der Waals surface area contributed by atoms with E-state index in [0.29, 0.717) is 10.0 Å². The molecule has 17 heavy (non-hydrogen) atoms. The van der Waals surface area contributed by atoms with Gasteiger partial charge in [-0.2, -0.15) is 0 Å². The van der Waals surface area contributed by atoms with Crippen molar-refractivity contribution < 1.29 is 9.90 Å². The Morgan fingerprint density at radius 2 is 1.94 bits per heavy atom. The molecule has 0 bridgehead atoms. The first-order valence-corrected chi connectivity index (χ1v) is 5.98. The second kappa shape index (κ2) is 5.21. The number of carboxylic acid groups (broad SMARTS) is 1. The van der Waals surface area contributed by atoms with Gasteiger partial charge in [0.1, 0.15) is 5.03 Å². The minimum Gasteiger partial charge on any atom is -0.478 e. The normalized spacial score (nSPS) is 10.2. The Balaban J connectivity index is 2.30. The minimum atomic E-state index is -0.977. The van der Waals surface area contributed by atoms with Crippen LogP contribution >= 0.6 is 23.4 Å². The topological polar surface area (TPSA) is 50.2 Å². The summed E-state index contributed by atoms with van der Waals surface area (Å²) in [6.45, 7) is 0. The molecule has 0 unspecified atom stereocenters. The van der Waals surface area contributed by atoms with Crippen LogP contribution in [0.2, 0.25) is 5.02 Å². The van der Waals surface area contributed by atoms with Crippen LogP contribution in [0.1, 0.15) is 10.4 Å². The van der Waals surface area contributed by atoms with E-state index < -0.39 is 5.97 Å². The molecule has 2 aromatic rings. The molecule has 0 fully saturated rings. The minimum absolute atomic E-state index is 0.201. The number of pyridine rings is 1. The molecule has 1 N–H and O–H groups in total. The summed E-state index contributed by atoms with van der Waals surface area (Å²) in [4.78, 5) is 16.0. The van der Waals surface area contributed by atoms with E-state index in [1.54, 1.807) is 24.4 Å². The molecular formula is C12H8ClNO2S. The van der Waals surface area contributed by atoms with Gasteiger partial charge >= 0.3 is 5.97 Å². The third-order valence-corrected chi connectivity index (χ3v) is 3.31. The first kappa shape index (κ1) is 12.0. The van der Waals surface area contributed by atoms with E-state index >= 15 is 0 Å². The predicted molar refractivity (Wildman–Crippen MR) is 66.8 cm³/mol. The number of aromatic nitrogens is 1. The van der Waals surface area contributed by atoms with Crippen molar-refractivity contribution in [3.8, 4) is 0 Å². The van der Waals surface area contributed by atoms with Crippen LogP contribution in [0, 0.1) is 0 Å². The van der Waals surface area contributed by atoms with Gasteiger partial charge in [-0.25, -0.2) is 9.78 Å². The van der Waals surface area contributed by atoms with Gasteiger partial charge in [0.2, 0.25) is 0 Å². The van der Waals surface area contributed by atoms with Crippen LogP contribution in [-0.2, 0) is 0 Å². The number of benzene rings is 1. The van der Waals surface area contributed by atoms with Crippen LogP contribution < -0.4 is 0 Å². The number of carboxylic acids is 1. The van der Waals surface area contributed by atoms with Crippen LogP contribution in [0.5, 0.6) is 0 Å². The zero-order valence-electron chi connectivity index (χ0n) is 8.63. The van der Waals surface area contributed by atoms with E-state index in [4.69, 9.17) is 16.7 Å². The maximum Gasteiger partial charge on any atom is 0.338 e. The fraction of sp³-hybridized carbons (Fsp3) is 0. The molecule has 2 rings (SSSR count). The number of halogens is 1. The lowest BCUT2D eigenvalue weighted by Gasteiger charge is -2.04. The van der Waals surface area contributed by atoms with Crippen molar-refractivity contribution in [1.29, 1.82) is 0 Å². The monoisotopic (exact) mass is 265 g/mol. The lowest BCUT2D eigenvalue weighted by Crippen LogP contribution is -1.99. The molecule has 86 valence electrons. The van der Waals surface area contributed by atoms with Gasteiger partial charge in [0, 0.05) is 16.1 Å². The number of nitrogens with zero attached hydrogens (tertiary/aromatic N) is 1. The summed E-state index contributed by atoms with van der Waals surface area (Å²) in [5, 5.41) is 10.1. The van der Waals surface area contributed by atoms with Gasteiger partial charge in [-0.15, -0.1) is 0 Å². The highest BCUT2D eigenvalue weighted by Gasteiger charge is 2.11. The van der Waals surface area contributed by atoms with Gasteiger partial charge in [0.15, 0.2) is 0 Å². The van der Waals surface area contributed by atoms with Crippen molar-refractivity contribution in [2.45, 2.75) is 9.92 Å². The number of carbonyl (C=O) groups is 1. The summed E-state index contributed by atoms with van der Waals surface area (Å²) in [5.74, 6) is -0.977. The lowest BCUT2D eigenvalue weighted by atomic mass is 10.3. The largest absolute Gasteiger partial charge is 0.478 e. The van der Waals surface area contributed by atoms with E-state index in [1.807, 2.05) is 12.1 Å². The van der Waals surface area contributed by atoms with E-state index in [1.165, 1.54) is 17.8 Å². The summed E-state index contributed by atoms with van der Waals surface area (Å²) < 4.78 is 0. The van der Waals surface area contributed by atoms with Gasteiger partial charge in [0.05, 0.1) is 5.56 Å². The molecule has 0 amide bonds. The third-order valence-electron chi connectivity index (χ3n) is 2.03. The Bertz CT molecular complexity index is 542. The molecule has 0 aliphatic rings. The molecule has 3 nitrogen and oxygen atoms in total. The molecule has 1 heterocycles. The van der Waals surface area contributed by atoms with Crippen LogP contribution in [0.15, 0.2) is 52.5 Å². The van der Waals surface area contributed by atoms with Gasteiger partial charge in [-0.1, -0.05) is 23.4 Å². The van der Waals surface area contributed by atoms with Crippen molar-refractivity contribution >= 4 is 29.3 Å². The second-order valence-electron chi connectivity index (χ2n) is 3.22. The molecular weight excluding hydrogens is 258 g/mol. The fourth-order valence-corrected chi connectivity index (χ4v) is 2.25. The second-order valence-corrected chi connectivity index (χ2v) is 4.72. The quantitative estimate of drug-likeness (QED) is 0.921. The van der Waals surface area contributed by atoms with Crippen LogP contribution in [0.3, 0.4) is 0 Å². The molecule has 0 saturated heterocycles. The Kier molecular flexibility index (Phi) is 3.66. The molecule has 1 aromatic heterocycles. The van der Waals surface area contributed by atoms with E-state index in [0.717, 1.165) is 4.90 Å². The highest BCUT2D eigenvalue weighted by atomic mass is 35.5. The Morgan fingerprint density at radius 3 is 2.59 bits per heavy atom. The van der Waals surface area contributed by atoms with Gasteiger partial charge in [-0.3, -0.25) is 0 Å². The summed E-state index contributed by atoms with van der Waals surface area (Å²) >= 11 is 7.08. The lowest BCUT2D eigenvalue weighted by molar-refractivity contribution is 0.0692. The molecule has 0 aliphatic heterocycles. The number of hydrogen-bond acceptors (Lipinski definition) is 3. The molecule has 1 aromatic carbocycles. The standard InChI is InChI=1S/C12H8ClNO2S/c13-8-3-5-9(6-4-8)17-11-10(12(15)16)2-1-7-14-11/h1-7H,(H,15,16). The highest BCUT2D eigenvalue weighted by molar-refractivity contribution is 7.99. The first-order chi connectivity index (χ1) is 8.16. The Labute approximate surface area is 107 Å². The zero-order valence-corrected chi connectivity index (χ0v) is 10.2. The van der Waals surface area contributed by atoms with Crippen molar-refractivity contribution in [2.75, 3.05) is 0 Å². The Hall–Kier alpha value is -1.52. The maximum absolute atomic E-state index is 11.0. The molecule has 0 atom stereocenters. The van der Waals surface area contributed by atoms with Crippen LogP contribution in [-0.4, -0.2) is 16.1 Å². The summed E-state index contributed by atoms with van der Waals surface area (Å²) in [5.41, 5.74) is 0.201. The van der Waals surface area contributed by atoms with Crippen LogP contribution in [0.25, 0.3) is 0 Å². The van der Waals surface area contributed by atoms with Crippen molar-refractivity contribution in [3.05, 3.63) is 53.2 Å². The average molecular weight is 266 g/mol.